The maximum atomic E-state index is 11.8. The molecule has 0 atom stereocenters. The van der Waals surface area contributed by atoms with Crippen LogP contribution in [-0.2, 0) is 14.3 Å². The molecule has 98 valence electrons. The zero-order valence-corrected chi connectivity index (χ0v) is 10.4. The van der Waals surface area contributed by atoms with Crippen molar-refractivity contribution in [1.29, 1.82) is 0 Å². The van der Waals surface area contributed by atoms with Crippen LogP contribution in [0.5, 0.6) is 0 Å². The molecule has 2 N–H and O–H groups in total. The van der Waals surface area contributed by atoms with Crippen molar-refractivity contribution in [1.82, 2.24) is 9.80 Å². The quantitative estimate of drug-likeness (QED) is 0.645. The predicted molar refractivity (Wildman–Crippen MR) is 63.3 cm³/mol. The summed E-state index contributed by atoms with van der Waals surface area (Å²) in [6.07, 6.45) is 0.822. The number of carbonyl (C=O) groups excluding carboxylic acids is 2. The molecule has 0 aromatic heterocycles. The second-order valence-electron chi connectivity index (χ2n) is 4.08. The first-order valence-electron chi connectivity index (χ1n) is 5.96. The molecule has 0 unspecified atom stereocenters. The Bertz CT molecular complexity index is 271. The molecule has 17 heavy (non-hydrogen) atoms. The van der Waals surface area contributed by atoms with E-state index in [0.717, 1.165) is 13.0 Å². The molecule has 6 heteroatoms. The van der Waals surface area contributed by atoms with Crippen LogP contribution in [-0.4, -0.2) is 67.6 Å². The predicted octanol–water partition coefficient (Wildman–Crippen LogP) is -0.957. The van der Waals surface area contributed by atoms with Crippen LogP contribution in [0.1, 0.15) is 13.3 Å². The molecular weight excluding hydrogens is 222 g/mol. The second-order valence-corrected chi connectivity index (χ2v) is 4.08. The van der Waals surface area contributed by atoms with E-state index in [1.807, 2.05) is 0 Å². The standard InChI is InChI=1S/C11H21N3O3/c1-10(15)13-4-2-5-14(7-6-13)11(16)9-17-8-3-12/h2-9,12H2,1H3. The highest BCUT2D eigenvalue weighted by atomic mass is 16.5. The average molecular weight is 243 g/mol. The fraction of sp³-hybridized carbons (Fsp3) is 0.818. The van der Waals surface area contributed by atoms with Gasteiger partial charge in [0.05, 0.1) is 6.61 Å². The summed E-state index contributed by atoms with van der Waals surface area (Å²) in [6, 6.07) is 0. The van der Waals surface area contributed by atoms with E-state index < -0.39 is 0 Å². The normalized spacial score (nSPS) is 16.8. The number of hydrogen-bond acceptors (Lipinski definition) is 4. The van der Waals surface area contributed by atoms with Crippen LogP contribution in [0.25, 0.3) is 0 Å². The van der Waals surface area contributed by atoms with Gasteiger partial charge in [0, 0.05) is 39.6 Å². The van der Waals surface area contributed by atoms with Crippen LogP contribution in [0, 0.1) is 0 Å². The summed E-state index contributed by atoms with van der Waals surface area (Å²) in [7, 11) is 0. The van der Waals surface area contributed by atoms with Gasteiger partial charge in [-0.1, -0.05) is 0 Å². The molecule has 1 heterocycles. The summed E-state index contributed by atoms with van der Waals surface area (Å²) in [4.78, 5) is 26.5. The lowest BCUT2D eigenvalue weighted by molar-refractivity contribution is -0.136. The zero-order chi connectivity index (χ0) is 12.7. The molecule has 0 spiro atoms. The Labute approximate surface area is 102 Å². The molecule has 0 saturated carbocycles. The molecule has 1 aliphatic rings. The summed E-state index contributed by atoms with van der Waals surface area (Å²) in [6.45, 7) is 5.07. The third-order valence-corrected chi connectivity index (χ3v) is 2.78. The van der Waals surface area contributed by atoms with Gasteiger partial charge in [-0.2, -0.15) is 0 Å². The number of carbonyl (C=O) groups is 2. The smallest absolute Gasteiger partial charge is 0.248 e. The van der Waals surface area contributed by atoms with Gasteiger partial charge in [0.15, 0.2) is 0 Å². The summed E-state index contributed by atoms with van der Waals surface area (Å²) in [5.74, 6) is 0.0440. The lowest BCUT2D eigenvalue weighted by atomic mass is 10.4. The Morgan fingerprint density at radius 1 is 1.18 bits per heavy atom. The molecule has 0 radical (unpaired) electrons. The molecule has 1 fully saturated rings. The molecule has 6 nitrogen and oxygen atoms in total. The summed E-state index contributed by atoms with van der Waals surface area (Å²) >= 11 is 0. The number of hydrogen-bond donors (Lipinski definition) is 1. The van der Waals surface area contributed by atoms with E-state index in [1.54, 1.807) is 16.7 Å². The van der Waals surface area contributed by atoms with E-state index >= 15 is 0 Å². The second kappa shape index (κ2) is 7.24. The first kappa shape index (κ1) is 13.9. The molecule has 0 bridgehead atoms. The average Bonchev–Trinajstić information content (AvgIpc) is 2.54. The monoisotopic (exact) mass is 243 g/mol. The van der Waals surface area contributed by atoms with E-state index in [4.69, 9.17) is 10.5 Å². The molecule has 0 aromatic rings. The number of ether oxygens (including phenoxy) is 1. The third kappa shape index (κ3) is 4.70. The van der Waals surface area contributed by atoms with E-state index in [9.17, 15) is 9.59 Å². The van der Waals surface area contributed by atoms with Crippen molar-refractivity contribution in [2.45, 2.75) is 13.3 Å². The minimum absolute atomic E-state index is 0.0242. The van der Waals surface area contributed by atoms with Crippen molar-refractivity contribution in [3.8, 4) is 0 Å². The maximum Gasteiger partial charge on any atom is 0.248 e. The van der Waals surface area contributed by atoms with Crippen molar-refractivity contribution in [3.63, 3.8) is 0 Å². The minimum Gasteiger partial charge on any atom is -0.370 e. The first-order valence-corrected chi connectivity index (χ1v) is 5.96. The van der Waals surface area contributed by atoms with Gasteiger partial charge in [-0.25, -0.2) is 0 Å². The SMILES string of the molecule is CC(=O)N1CCCN(C(=O)COCCN)CC1. The topological polar surface area (TPSA) is 75.9 Å². The van der Waals surface area contributed by atoms with Crippen LogP contribution in [0.4, 0.5) is 0 Å². The minimum atomic E-state index is -0.0242. The van der Waals surface area contributed by atoms with Crippen molar-refractivity contribution in [2.75, 3.05) is 45.9 Å². The van der Waals surface area contributed by atoms with E-state index in [0.29, 0.717) is 32.8 Å². The van der Waals surface area contributed by atoms with Gasteiger partial charge in [0.25, 0.3) is 0 Å². The van der Waals surface area contributed by atoms with Crippen LogP contribution >= 0.6 is 0 Å². The van der Waals surface area contributed by atoms with Gasteiger partial charge in [0.2, 0.25) is 11.8 Å². The highest BCUT2D eigenvalue weighted by Gasteiger charge is 2.19. The van der Waals surface area contributed by atoms with Crippen molar-refractivity contribution < 1.29 is 14.3 Å². The lowest BCUT2D eigenvalue weighted by Gasteiger charge is -2.21. The molecule has 1 saturated heterocycles. The molecule has 0 aliphatic carbocycles. The van der Waals surface area contributed by atoms with Gasteiger partial charge in [-0.3, -0.25) is 9.59 Å². The van der Waals surface area contributed by atoms with Crippen LogP contribution in [0.3, 0.4) is 0 Å². The number of amides is 2. The van der Waals surface area contributed by atoms with Gasteiger partial charge in [0.1, 0.15) is 6.61 Å². The Kier molecular flexibility index (Phi) is 5.93. The first-order chi connectivity index (χ1) is 8.15. The van der Waals surface area contributed by atoms with E-state index in [1.165, 1.54) is 0 Å². The Morgan fingerprint density at radius 3 is 2.47 bits per heavy atom. The van der Waals surface area contributed by atoms with Gasteiger partial charge < -0.3 is 20.3 Å². The Morgan fingerprint density at radius 2 is 1.82 bits per heavy atom. The van der Waals surface area contributed by atoms with Gasteiger partial charge in [-0.05, 0) is 6.42 Å². The van der Waals surface area contributed by atoms with Gasteiger partial charge in [-0.15, -0.1) is 0 Å². The van der Waals surface area contributed by atoms with Crippen molar-refractivity contribution in [3.05, 3.63) is 0 Å². The summed E-state index contributed by atoms with van der Waals surface area (Å²) in [5.41, 5.74) is 5.28. The van der Waals surface area contributed by atoms with E-state index in [-0.39, 0.29) is 18.4 Å². The lowest BCUT2D eigenvalue weighted by Crippen LogP contribution is -2.38. The largest absolute Gasteiger partial charge is 0.370 e. The van der Waals surface area contributed by atoms with Crippen LogP contribution in [0.15, 0.2) is 0 Å². The molecule has 2 amide bonds. The molecule has 1 rings (SSSR count). The van der Waals surface area contributed by atoms with Gasteiger partial charge >= 0.3 is 0 Å². The molecule has 1 aliphatic heterocycles. The number of rotatable bonds is 4. The molecular formula is C11H21N3O3. The summed E-state index contributed by atoms with van der Waals surface area (Å²) in [5, 5.41) is 0. The fourth-order valence-corrected chi connectivity index (χ4v) is 1.82. The van der Waals surface area contributed by atoms with Crippen molar-refractivity contribution in [2.24, 2.45) is 5.73 Å². The highest BCUT2D eigenvalue weighted by Crippen LogP contribution is 2.03. The number of nitrogens with two attached hydrogens (primary N) is 1. The molecule has 0 aromatic carbocycles. The van der Waals surface area contributed by atoms with Crippen LogP contribution in [0.2, 0.25) is 0 Å². The highest BCUT2D eigenvalue weighted by molar-refractivity contribution is 5.78. The van der Waals surface area contributed by atoms with Crippen molar-refractivity contribution >= 4 is 11.8 Å². The maximum absolute atomic E-state index is 11.8. The fourth-order valence-electron chi connectivity index (χ4n) is 1.82. The third-order valence-electron chi connectivity index (χ3n) is 2.78. The Balaban J connectivity index is 2.34. The Hall–Kier alpha value is -1.14. The van der Waals surface area contributed by atoms with E-state index in [2.05, 4.69) is 0 Å². The number of nitrogens with zero attached hydrogens (tertiary/aromatic N) is 2. The summed E-state index contributed by atoms with van der Waals surface area (Å²) < 4.78 is 5.12. The zero-order valence-electron chi connectivity index (χ0n) is 10.4. The van der Waals surface area contributed by atoms with Crippen LogP contribution < -0.4 is 5.73 Å².